The molecule has 0 spiro atoms. The topological polar surface area (TPSA) is 109 Å². The van der Waals surface area contributed by atoms with E-state index in [0.717, 1.165) is 6.20 Å². The molecule has 2 rings (SSSR count). The van der Waals surface area contributed by atoms with E-state index in [2.05, 4.69) is 9.71 Å². The van der Waals surface area contributed by atoms with Gasteiger partial charge in [0.2, 0.25) is 0 Å². The lowest BCUT2D eigenvalue weighted by Crippen LogP contribution is -2.15. The molecule has 102 valence electrons. The van der Waals surface area contributed by atoms with E-state index >= 15 is 0 Å². The lowest BCUT2D eigenvalue weighted by Gasteiger charge is -2.10. The largest absolute Gasteiger partial charge is 0.398 e. The summed E-state index contributed by atoms with van der Waals surface area (Å²) in [5.74, 6) is -0.803. The van der Waals surface area contributed by atoms with Crippen LogP contribution in [0.5, 0.6) is 0 Å². The number of nitrogens with two attached hydrogens (primary N) is 1. The maximum absolute atomic E-state index is 13.4. The number of benzene rings is 1. The van der Waals surface area contributed by atoms with Crippen molar-refractivity contribution in [2.24, 2.45) is 0 Å². The summed E-state index contributed by atoms with van der Waals surface area (Å²) in [6, 6.07) is 6.77. The molecule has 3 N–H and O–H groups in total. The zero-order valence-corrected chi connectivity index (χ0v) is 10.9. The molecule has 0 saturated heterocycles. The van der Waals surface area contributed by atoms with Gasteiger partial charge in [0.1, 0.15) is 4.90 Å². The summed E-state index contributed by atoms with van der Waals surface area (Å²) in [5, 5.41) is 8.70. The number of pyridine rings is 1. The van der Waals surface area contributed by atoms with E-state index in [4.69, 9.17) is 11.0 Å². The second kappa shape index (κ2) is 5.14. The molecule has 6 nitrogen and oxygen atoms in total. The van der Waals surface area contributed by atoms with Crippen molar-refractivity contribution in [3.05, 3.63) is 48.0 Å². The number of nitriles is 1. The molecule has 0 amide bonds. The van der Waals surface area contributed by atoms with Crippen molar-refractivity contribution < 1.29 is 12.8 Å². The van der Waals surface area contributed by atoms with E-state index in [9.17, 15) is 12.8 Å². The van der Waals surface area contributed by atoms with Crippen LogP contribution in [0.2, 0.25) is 0 Å². The summed E-state index contributed by atoms with van der Waals surface area (Å²) >= 11 is 0. The second-order valence-electron chi connectivity index (χ2n) is 3.83. The molecule has 2 aromatic rings. The molecular formula is C12H9FN4O2S. The molecule has 1 aromatic carbocycles. The van der Waals surface area contributed by atoms with Crippen molar-refractivity contribution in [2.75, 3.05) is 10.5 Å². The molecule has 0 saturated carbocycles. The summed E-state index contributed by atoms with van der Waals surface area (Å²) < 4.78 is 39.7. The van der Waals surface area contributed by atoms with Crippen molar-refractivity contribution in [3.63, 3.8) is 0 Å². The van der Waals surface area contributed by atoms with Crippen LogP contribution in [0.3, 0.4) is 0 Å². The van der Waals surface area contributed by atoms with Crippen LogP contribution in [0.15, 0.2) is 41.6 Å². The molecule has 0 fully saturated rings. The van der Waals surface area contributed by atoms with Gasteiger partial charge in [0, 0.05) is 6.20 Å². The molecule has 0 bridgehead atoms. The molecular weight excluding hydrogens is 283 g/mol. The van der Waals surface area contributed by atoms with Crippen molar-refractivity contribution >= 4 is 21.4 Å². The molecule has 20 heavy (non-hydrogen) atoms. The van der Waals surface area contributed by atoms with Gasteiger partial charge in [-0.1, -0.05) is 0 Å². The third-order valence-corrected chi connectivity index (χ3v) is 3.88. The predicted molar refractivity (Wildman–Crippen MR) is 70.6 cm³/mol. The number of anilines is 2. The molecule has 0 unspecified atom stereocenters. The number of hydrogen-bond acceptors (Lipinski definition) is 5. The maximum atomic E-state index is 13.4. The van der Waals surface area contributed by atoms with Crippen LogP contribution in [-0.4, -0.2) is 13.4 Å². The number of nitrogens with one attached hydrogen (secondary N) is 1. The summed E-state index contributed by atoms with van der Waals surface area (Å²) in [4.78, 5) is 3.29. The molecule has 1 heterocycles. The lowest BCUT2D eigenvalue weighted by molar-refractivity contribution is 0.598. The quantitative estimate of drug-likeness (QED) is 0.833. The van der Waals surface area contributed by atoms with Crippen molar-refractivity contribution in [1.29, 1.82) is 5.26 Å². The van der Waals surface area contributed by atoms with E-state index in [1.165, 1.54) is 30.5 Å². The Labute approximate surface area is 114 Å². The Balaban J connectivity index is 2.42. The van der Waals surface area contributed by atoms with Crippen LogP contribution >= 0.6 is 0 Å². The third-order valence-electron chi connectivity index (χ3n) is 2.45. The van der Waals surface area contributed by atoms with Gasteiger partial charge in [0.25, 0.3) is 10.0 Å². The van der Waals surface area contributed by atoms with Crippen molar-refractivity contribution in [1.82, 2.24) is 4.98 Å². The highest BCUT2D eigenvalue weighted by molar-refractivity contribution is 7.92. The highest BCUT2D eigenvalue weighted by Crippen LogP contribution is 2.23. The fourth-order valence-corrected chi connectivity index (χ4v) is 2.70. The number of aromatic nitrogens is 1. The fourth-order valence-electron chi connectivity index (χ4n) is 1.52. The van der Waals surface area contributed by atoms with Crippen LogP contribution < -0.4 is 10.5 Å². The average Bonchev–Trinajstić information content (AvgIpc) is 2.40. The molecule has 0 aliphatic rings. The maximum Gasteiger partial charge on any atom is 0.264 e. The van der Waals surface area contributed by atoms with Gasteiger partial charge in [-0.2, -0.15) is 5.26 Å². The minimum Gasteiger partial charge on any atom is -0.398 e. The normalized spacial score (nSPS) is 10.8. The molecule has 0 radical (unpaired) electrons. The van der Waals surface area contributed by atoms with E-state index in [1.54, 1.807) is 0 Å². The number of nitrogens with zero attached hydrogens (tertiary/aromatic N) is 2. The SMILES string of the molecule is N#Cc1ccc(S(=O)(=O)Nc2ccncc2F)c(N)c1. The van der Waals surface area contributed by atoms with Crippen LogP contribution in [0.1, 0.15) is 5.56 Å². The molecule has 0 aliphatic carbocycles. The van der Waals surface area contributed by atoms with Crippen molar-refractivity contribution in [2.45, 2.75) is 4.90 Å². The summed E-state index contributed by atoms with van der Waals surface area (Å²) in [7, 11) is -4.04. The molecule has 8 heteroatoms. The monoisotopic (exact) mass is 292 g/mol. The first-order chi connectivity index (χ1) is 9.44. The number of rotatable bonds is 3. The Morgan fingerprint density at radius 2 is 2.10 bits per heavy atom. The smallest absolute Gasteiger partial charge is 0.264 e. The Morgan fingerprint density at radius 1 is 1.35 bits per heavy atom. The van der Waals surface area contributed by atoms with Gasteiger partial charge >= 0.3 is 0 Å². The Morgan fingerprint density at radius 3 is 2.70 bits per heavy atom. The van der Waals surface area contributed by atoms with Gasteiger partial charge in [-0.25, -0.2) is 12.8 Å². The third kappa shape index (κ3) is 2.67. The van der Waals surface area contributed by atoms with Gasteiger partial charge in [0.15, 0.2) is 5.82 Å². The number of sulfonamides is 1. The molecule has 1 aromatic heterocycles. The van der Waals surface area contributed by atoms with E-state index in [1.807, 2.05) is 6.07 Å². The summed E-state index contributed by atoms with van der Waals surface area (Å²) in [5.41, 5.74) is 5.51. The highest BCUT2D eigenvalue weighted by Gasteiger charge is 2.19. The Kier molecular flexibility index (Phi) is 3.54. The van der Waals surface area contributed by atoms with Gasteiger partial charge in [-0.05, 0) is 24.3 Å². The predicted octanol–water partition coefficient (Wildman–Crippen LogP) is 1.48. The average molecular weight is 292 g/mol. The van der Waals surface area contributed by atoms with Gasteiger partial charge in [-0.3, -0.25) is 9.71 Å². The second-order valence-corrected chi connectivity index (χ2v) is 5.48. The van der Waals surface area contributed by atoms with Crippen LogP contribution in [-0.2, 0) is 10.0 Å². The van der Waals surface area contributed by atoms with Crippen molar-refractivity contribution in [3.8, 4) is 6.07 Å². The molecule has 0 aliphatic heterocycles. The van der Waals surface area contributed by atoms with E-state index in [0.29, 0.717) is 0 Å². The first-order valence-corrected chi connectivity index (χ1v) is 6.84. The zero-order chi connectivity index (χ0) is 14.8. The Bertz CT molecular complexity index is 799. The van der Waals surface area contributed by atoms with Crippen LogP contribution in [0.25, 0.3) is 0 Å². The highest BCUT2D eigenvalue weighted by atomic mass is 32.2. The zero-order valence-electron chi connectivity index (χ0n) is 10.0. The van der Waals surface area contributed by atoms with Crippen LogP contribution in [0.4, 0.5) is 15.8 Å². The van der Waals surface area contributed by atoms with Gasteiger partial charge in [-0.15, -0.1) is 0 Å². The van der Waals surface area contributed by atoms with E-state index < -0.39 is 15.8 Å². The van der Waals surface area contributed by atoms with Gasteiger partial charge < -0.3 is 5.73 Å². The first kappa shape index (κ1) is 13.8. The van der Waals surface area contributed by atoms with Crippen LogP contribution in [0, 0.1) is 17.1 Å². The van der Waals surface area contributed by atoms with Gasteiger partial charge in [0.05, 0.1) is 29.2 Å². The summed E-state index contributed by atoms with van der Waals surface area (Å²) in [6.07, 6.45) is 2.14. The number of halogens is 1. The minimum absolute atomic E-state index is 0.0917. The first-order valence-electron chi connectivity index (χ1n) is 5.36. The summed E-state index contributed by atoms with van der Waals surface area (Å²) in [6.45, 7) is 0. The molecule has 0 atom stereocenters. The minimum atomic E-state index is -4.04. The number of nitrogen functional groups attached to an aromatic ring is 1. The lowest BCUT2D eigenvalue weighted by atomic mass is 10.2. The standard InChI is InChI=1S/C12H9FN4O2S/c13-9-7-16-4-3-11(9)17-20(18,19)12-2-1-8(6-14)5-10(12)15/h1-5,7H,15H2,(H,16,17). The Hall–Kier alpha value is -2.66. The number of hydrogen-bond donors (Lipinski definition) is 2. The fraction of sp³-hybridized carbons (Fsp3) is 0. The van der Waals surface area contributed by atoms with E-state index in [-0.39, 0.29) is 21.8 Å².